The van der Waals surface area contributed by atoms with E-state index in [1.54, 1.807) is 33.8 Å². The zero-order valence-corrected chi connectivity index (χ0v) is 54.9. The van der Waals surface area contributed by atoms with E-state index >= 15 is 0 Å². The normalized spacial score (nSPS) is 48.4. The average molecular weight is 1310 g/mol. The van der Waals surface area contributed by atoms with Crippen LogP contribution in [-0.4, -0.2) is 246 Å². The first kappa shape index (κ1) is 72.6. The van der Waals surface area contributed by atoms with Crippen molar-refractivity contribution in [2.75, 3.05) is 26.4 Å². The highest BCUT2D eigenvalue weighted by atomic mass is 16.8. The van der Waals surface area contributed by atoms with Gasteiger partial charge in [-0.1, -0.05) is 72.3 Å². The molecule has 0 spiro atoms. The van der Waals surface area contributed by atoms with Gasteiger partial charge in [0.1, 0.15) is 74.3 Å². The fourth-order valence-corrected chi connectivity index (χ4v) is 17.9. The Morgan fingerprint density at radius 2 is 1.28 bits per heavy atom. The molecule has 9 aliphatic rings. The number of ether oxygens (including phenoxy) is 11. The van der Waals surface area contributed by atoms with E-state index in [0.29, 0.717) is 32.1 Å². The molecule has 27 nitrogen and oxygen atoms in total. The second-order valence-electron chi connectivity index (χ2n) is 29.5. The van der Waals surface area contributed by atoms with Crippen LogP contribution in [0.4, 0.5) is 0 Å². The van der Waals surface area contributed by atoms with Gasteiger partial charge < -0.3 is 113 Å². The number of carbonyl (C=O) groups excluding carboxylic acids is 3. The molecule has 0 radical (unpaired) electrons. The predicted molar refractivity (Wildman–Crippen MR) is 316 cm³/mol. The molecular weight excluding hydrogens is 1210 g/mol. The van der Waals surface area contributed by atoms with Crippen LogP contribution in [0.3, 0.4) is 0 Å². The molecule has 9 rings (SSSR count). The van der Waals surface area contributed by atoms with Crippen LogP contribution in [0.1, 0.15) is 135 Å². The quantitative estimate of drug-likeness (QED) is 0.0238. The molecule has 0 bridgehead atoms. The number of carbonyl (C=O) groups is 4. The molecule has 4 saturated heterocycles. The van der Waals surface area contributed by atoms with Crippen LogP contribution in [0.25, 0.3) is 0 Å². The fraction of sp³-hybridized carbons (Fsp3) is 0.846. The Morgan fingerprint density at radius 1 is 0.663 bits per heavy atom. The van der Waals surface area contributed by atoms with Crippen LogP contribution < -0.4 is 0 Å². The summed E-state index contributed by atoms with van der Waals surface area (Å²) >= 11 is 0. The van der Waals surface area contributed by atoms with Crippen molar-refractivity contribution in [1.29, 1.82) is 0 Å². The smallest absolute Gasteiger partial charge is 0.335 e. The molecule has 12 N–H and O–H groups in total. The largest absolute Gasteiger partial charge is 0.479 e. The third-order valence-electron chi connectivity index (χ3n) is 23.6. The highest BCUT2D eigenvalue weighted by molar-refractivity contribution is 5.88. The second-order valence-corrected chi connectivity index (χ2v) is 29.5. The zero-order valence-electron chi connectivity index (χ0n) is 54.9. The molecule has 522 valence electrons. The maximum absolute atomic E-state index is 13.4. The summed E-state index contributed by atoms with van der Waals surface area (Å²) in [5.74, 6) is -7.31. The molecule has 0 aromatic rings. The molecule has 29 atom stereocenters. The minimum absolute atomic E-state index is 0.0508. The number of hydrogen-bond acceptors (Lipinski definition) is 26. The summed E-state index contributed by atoms with van der Waals surface area (Å²) in [6, 6.07) is 0. The summed E-state index contributed by atoms with van der Waals surface area (Å²) in [5.41, 5.74) is -3.58. The predicted octanol–water partition coefficient (Wildman–Crippen LogP) is 0.716. The molecule has 92 heavy (non-hydrogen) atoms. The molecule has 4 heterocycles. The topological polar surface area (TPSA) is 413 Å². The summed E-state index contributed by atoms with van der Waals surface area (Å²) in [5, 5.41) is 136. The van der Waals surface area contributed by atoms with Gasteiger partial charge in [0.25, 0.3) is 0 Å². The maximum Gasteiger partial charge on any atom is 0.335 e. The van der Waals surface area contributed by atoms with Gasteiger partial charge in [-0.2, -0.15) is 0 Å². The monoisotopic (exact) mass is 1310 g/mol. The highest BCUT2D eigenvalue weighted by Gasteiger charge is 2.74. The van der Waals surface area contributed by atoms with E-state index in [9.17, 15) is 80.5 Å². The number of hydrogen-bond donors (Lipinski definition) is 12. The van der Waals surface area contributed by atoms with E-state index in [4.69, 9.17) is 52.1 Å². The number of esters is 3. The Hall–Kier alpha value is -3.66. The number of aliphatic hydroxyl groups excluding tert-OH is 10. The van der Waals surface area contributed by atoms with Gasteiger partial charge in [-0.25, -0.2) is 14.4 Å². The minimum Gasteiger partial charge on any atom is -0.479 e. The van der Waals surface area contributed by atoms with Gasteiger partial charge in [0.2, 0.25) is 5.79 Å². The molecule has 4 aliphatic heterocycles. The average Bonchev–Trinajstić information content (AvgIpc) is 0.730. The maximum atomic E-state index is 13.4. The lowest BCUT2D eigenvalue weighted by atomic mass is 9.33. The van der Waals surface area contributed by atoms with Crippen molar-refractivity contribution >= 4 is 23.9 Å². The molecule has 0 amide bonds. The second kappa shape index (κ2) is 26.6. The van der Waals surface area contributed by atoms with Crippen molar-refractivity contribution in [3.63, 3.8) is 0 Å². The lowest BCUT2D eigenvalue weighted by Crippen LogP contribution is -2.72. The Kier molecular flexibility index (Phi) is 21.0. The van der Waals surface area contributed by atoms with Gasteiger partial charge in [-0.3, -0.25) is 4.79 Å². The van der Waals surface area contributed by atoms with Crippen molar-refractivity contribution in [2.24, 2.45) is 50.2 Å². The molecule has 13 unspecified atom stereocenters. The van der Waals surface area contributed by atoms with Crippen molar-refractivity contribution < 1.29 is 133 Å². The molecule has 4 saturated carbocycles. The van der Waals surface area contributed by atoms with Crippen LogP contribution >= 0.6 is 0 Å². The zero-order chi connectivity index (χ0) is 68.1. The van der Waals surface area contributed by atoms with E-state index in [2.05, 4.69) is 26.8 Å². The molecule has 27 heteroatoms. The van der Waals surface area contributed by atoms with Crippen molar-refractivity contribution in [2.45, 2.75) is 269 Å². The summed E-state index contributed by atoms with van der Waals surface area (Å²) in [6.07, 6.45) is -26.2. The number of carboxylic acid groups (broad SMARTS) is 1. The first-order valence-corrected chi connectivity index (χ1v) is 32.2. The molecule has 0 aromatic heterocycles. The van der Waals surface area contributed by atoms with E-state index in [1.807, 2.05) is 27.7 Å². The SMILES string of the molecule is C/C=C(/C)C(=O)OC1C(O)[C@H](O[C@H]2[C@H](O)[C@@]3(COC(C)=O)C(CC2(C)C)C2=CCC4[C@@]5(C)CC[C@H](O[C@@H]6OC(C(=O)O)[C@@H](O)C(O[C@]7(O)CO[C@@H](CO)C7O)C6O[C@@H]6OC(CO)[C@H](O)C(O)C6O)C(C)(C)C5CC[C@@]4(C)[C@]2(C)C[C@H]3O)OC(C)[C@@H]1OC(=O)/C(C)=C\C. The van der Waals surface area contributed by atoms with Gasteiger partial charge in [0.05, 0.1) is 49.1 Å². The summed E-state index contributed by atoms with van der Waals surface area (Å²) < 4.78 is 66.9. The van der Waals surface area contributed by atoms with Gasteiger partial charge in [0, 0.05) is 18.1 Å². The number of allylic oxidation sites excluding steroid dienone is 4. The number of carboxylic acids is 1. The lowest BCUT2D eigenvalue weighted by molar-refractivity contribution is -0.396. The van der Waals surface area contributed by atoms with Crippen molar-refractivity contribution in [1.82, 2.24) is 0 Å². The highest BCUT2D eigenvalue weighted by Crippen LogP contribution is 2.76. The number of fused-ring (bicyclic) bond motifs is 7. The van der Waals surface area contributed by atoms with Crippen molar-refractivity contribution in [3.05, 3.63) is 34.9 Å². The van der Waals surface area contributed by atoms with E-state index in [0.717, 1.165) is 5.57 Å². The van der Waals surface area contributed by atoms with Crippen molar-refractivity contribution in [3.8, 4) is 0 Å². The van der Waals surface area contributed by atoms with Crippen LogP contribution in [0.5, 0.6) is 0 Å². The van der Waals surface area contributed by atoms with Gasteiger partial charge in [-0.15, -0.1) is 0 Å². The van der Waals surface area contributed by atoms with Gasteiger partial charge in [-0.05, 0) is 124 Å². The first-order valence-electron chi connectivity index (χ1n) is 32.2. The summed E-state index contributed by atoms with van der Waals surface area (Å²) in [7, 11) is 0. The summed E-state index contributed by atoms with van der Waals surface area (Å²) in [6.45, 7) is 21.0. The number of aliphatic carboxylic acids is 1. The first-order chi connectivity index (χ1) is 42.9. The van der Waals surface area contributed by atoms with Crippen LogP contribution in [0.15, 0.2) is 34.9 Å². The third-order valence-corrected chi connectivity index (χ3v) is 23.6. The number of aliphatic hydroxyl groups is 11. The van der Waals surface area contributed by atoms with Gasteiger partial charge in [0.15, 0.2) is 37.2 Å². The molecule has 5 aliphatic carbocycles. The minimum atomic E-state index is -2.70. The Morgan fingerprint density at radius 3 is 1.87 bits per heavy atom. The van der Waals surface area contributed by atoms with Gasteiger partial charge >= 0.3 is 23.9 Å². The van der Waals surface area contributed by atoms with E-state index < -0.39 is 223 Å². The Labute approximate surface area is 535 Å². The van der Waals surface area contributed by atoms with Crippen LogP contribution in [-0.2, 0) is 71.3 Å². The fourth-order valence-electron chi connectivity index (χ4n) is 17.9. The standard InChI is InChI=1S/C65H100O27/c1-14-28(3)54(79)87-45-30(5)84-57(44(74)46(45)88-55(80)29(4)15-2)91-52-51(76)64(26-82-31(6)68)33(22-59(52,7)8)32-16-17-37-61(11)20-19-39(60(9,10)36(61)18-21-62(37,12)63(32,13)23-38(64)69)86-58-49(90-56-42(72)41(71)40(70)34(24-66)85-56)47(43(73)48(89-58)53(77)78)92-65(81)27-83-35(25-67)50(65)75/h14-16,30,33-52,56-58,66-67,69-76,81H,17-27H2,1-13H3,(H,77,78)/b28-14-,29-15-/t30?,33?,34?,35-,36?,37?,38+,39-,40-,41?,42?,43-,44?,45-,46?,47?,48?,49?,50?,51-,52-,56-,57-,58+,61-,62+,63+,64-,65+/m0/s1. The molecule has 8 fully saturated rings. The third kappa shape index (κ3) is 12.2. The summed E-state index contributed by atoms with van der Waals surface area (Å²) in [4.78, 5) is 52.4. The van der Waals surface area contributed by atoms with Crippen LogP contribution in [0, 0.1) is 50.2 Å². The van der Waals surface area contributed by atoms with E-state index in [1.165, 1.54) is 19.9 Å². The van der Waals surface area contributed by atoms with E-state index in [-0.39, 0.29) is 35.8 Å². The van der Waals surface area contributed by atoms with Crippen LogP contribution in [0.2, 0.25) is 0 Å². The molecule has 0 aromatic carbocycles. The Balaban J connectivity index is 1.01. The number of rotatable bonds is 17. The molecular formula is C65H100O27. The lowest BCUT2D eigenvalue weighted by Gasteiger charge is -2.72. The Bertz CT molecular complexity index is 2810.